The Balaban J connectivity index is 0.00000144. The second-order valence-corrected chi connectivity index (χ2v) is 3.82. The van der Waals surface area contributed by atoms with Crippen LogP contribution in [0.4, 0.5) is 4.39 Å². The van der Waals surface area contributed by atoms with Gasteiger partial charge in [-0.3, -0.25) is 4.68 Å². The Morgan fingerprint density at radius 3 is 2.47 bits per heavy atom. The molecule has 17 heavy (non-hydrogen) atoms. The molecule has 1 heterocycles. The van der Waals surface area contributed by atoms with Crippen molar-refractivity contribution in [3.8, 4) is 0 Å². The molecule has 0 saturated heterocycles. The highest BCUT2D eigenvalue weighted by molar-refractivity contribution is 5.85. The smallest absolute Gasteiger partial charge is 0.123 e. The summed E-state index contributed by atoms with van der Waals surface area (Å²) in [5.74, 6) is -0.224. The molecular formula is C12H15ClFN3. The zero-order valence-corrected chi connectivity index (χ0v) is 10.3. The van der Waals surface area contributed by atoms with Crippen LogP contribution in [0.3, 0.4) is 0 Å². The van der Waals surface area contributed by atoms with Crippen LogP contribution >= 0.6 is 12.4 Å². The van der Waals surface area contributed by atoms with E-state index in [1.807, 2.05) is 13.1 Å². The van der Waals surface area contributed by atoms with Gasteiger partial charge in [0.05, 0.1) is 11.7 Å². The van der Waals surface area contributed by atoms with Crippen molar-refractivity contribution in [3.05, 3.63) is 53.6 Å². The number of hydrogen-bond acceptors (Lipinski definition) is 2. The number of aromatic nitrogens is 2. The highest BCUT2D eigenvalue weighted by Crippen LogP contribution is 2.15. The normalized spacial score (nSPS) is 11.9. The molecule has 0 aliphatic rings. The van der Waals surface area contributed by atoms with Gasteiger partial charge >= 0.3 is 0 Å². The van der Waals surface area contributed by atoms with Gasteiger partial charge in [0.2, 0.25) is 0 Å². The first-order valence-electron chi connectivity index (χ1n) is 5.15. The van der Waals surface area contributed by atoms with E-state index < -0.39 is 0 Å². The van der Waals surface area contributed by atoms with Gasteiger partial charge in [0, 0.05) is 13.2 Å². The molecule has 2 rings (SSSR count). The summed E-state index contributed by atoms with van der Waals surface area (Å²) < 4.78 is 14.5. The van der Waals surface area contributed by atoms with Crippen molar-refractivity contribution in [1.82, 2.24) is 9.78 Å². The van der Waals surface area contributed by atoms with Crippen LogP contribution in [0.2, 0.25) is 0 Å². The summed E-state index contributed by atoms with van der Waals surface area (Å²) in [5, 5.41) is 4.07. The predicted octanol–water partition coefficient (Wildman–Crippen LogP) is 2.22. The van der Waals surface area contributed by atoms with E-state index in [0.29, 0.717) is 6.42 Å². The molecule has 3 nitrogen and oxygen atoms in total. The lowest BCUT2D eigenvalue weighted by molar-refractivity contribution is 0.611. The van der Waals surface area contributed by atoms with E-state index in [4.69, 9.17) is 5.73 Å². The molecule has 0 radical (unpaired) electrons. The Morgan fingerprint density at radius 2 is 1.94 bits per heavy atom. The van der Waals surface area contributed by atoms with E-state index in [1.54, 1.807) is 23.0 Å². The Hall–Kier alpha value is -1.39. The molecule has 2 aromatic rings. The van der Waals surface area contributed by atoms with Crippen LogP contribution in [0.25, 0.3) is 0 Å². The molecule has 5 heteroatoms. The van der Waals surface area contributed by atoms with Crippen molar-refractivity contribution in [2.45, 2.75) is 12.5 Å². The maximum absolute atomic E-state index is 12.7. The summed E-state index contributed by atoms with van der Waals surface area (Å²) in [6, 6.07) is 8.19. The Labute approximate surface area is 106 Å². The van der Waals surface area contributed by atoms with E-state index in [9.17, 15) is 4.39 Å². The molecular weight excluding hydrogens is 241 g/mol. The SMILES string of the molecule is Cl.Cn1nccc1C(N)Cc1ccc(F)cc1. The van der Waals surface area contributed by atoms with Crippen LogP contribution in [0.1, 0.15) is 17.3 Å². The van der Waals surface area contributed by atoms with E-state index >= 15 is 0 Å². The predicted molar refractivity (Wildman–Crippen MR) is 67.5 cm³/mol. The van der Waals surface area contributed by atoms with Crippen molar-refractivity contribution in [2.75, 3.05) is 0 Å². The van der Waals surface area contributed by atoms with Crippen LogP contribution in [0.15, 0.2) is 36.5 Å². The Morgan fingerprint density at radius 1 is 1.29 bits per heavy atom. The first kappa shape index (κ1) is 13.7. The zero-order chi connectivity index (χ0) is 11.5. The van der Waals surface area contributed by atoms with Crippen LogP contribution in [-0.2, 0) is 13.5 Å². The number of nitrogens with zero attached hydrogens (tertiary/aromatic N) is 2. The maximum Gasteiger partial charge on any atom is 0.123 e. The van der Waals surface area contributed by atoms with Gasteiger partial charge in [-0.05, 0) is 30.2 Å². The van der Waals surface area contributed by atoms with Crippen molar-refractivity contribution in [3.63, 3.8) is 0 Å². The summed E-state index contributed by atoms with van der Waals surface area (Å²) in [5.41, 5.74) is 8.06. The summed E-state index contributed by atoms with van der Waals surface area (Å²) in [6.07, 6.45) is 2.40. The quantitative estimate of drug-likeness (QED) is 0.914. The van der Waals surface area contributed by atoms with Crippen molar-refractivity contribution in [2.24, 2.45) is 12.8 Å². The topological polar surface area (TPSA) is 43.8 Å². The monoisotopic (exact) mass is 255 g/mol. The van der Waals surface area contributed by atoms with E-state index in [1.165, 1.54) is 12.1 Å². The Kier molecular flexibility index (Phi) is 4.66. The lowest BCUT2D eigenvalue weighted by Gasteiger charge is -2.11. The van der Waals surface area contributed by atoms with E-state index in [0.717, 1.165) is 11.3 Å². The zero-order valence-electron chi connectivity index (χ0n) is 9.51. The highest BCUT2D eigenvalue weighted by Gasteiger charge is 2.10. The molecule has 1 atom stereocenters. The Bertz CT molecular complexity index is 467. The largest absolute Gasteiger partial charge is 0.322 e. The number of halogens is 2. The number of hydrogen-bond donors (Lipinski definition) is 1. The van der Waals surface area contributed by atoms with Gasteiger partial charge in [0.25, 0.3) is 0 Å². The molecule has 0 bridgehead atoms. The van der Waals surface area contributed by atoms with Crippen LogP contribution < -0.4 is 5.73 Å². The number of benzene rings is 1. The molecule has 0 aliphatic heterocycles. The van der Waals surface area contributed by atoms with Gasteiger partial charge in [-0.2, -0.15) is 5.10 Å². The molecule has 92 valence electrons. The van der Waals surface area contributed by atoms with Gasteiger partial charge in [0.15, 0.2) is 0 Å². The first-order valence-corrected chi connectivity index (χ1v) is 5.15. The average Bonchev–Trinajstić information content (AvgIpc) is 2.68. The fraction of sp³-hybridized carbons (Fsp3) is 0.250. The van der Waals surface area contributed by atoms with E-state index in [2.05, 4.69) is 5.10 Å². The lowest BCUT2D eigenvalue weighted by Crippen LogP contribution is -2.17. The highest BCUT2D eigenvalue weighted by atomic mass is 35.5. The number of aryl methyl sites for hydroxylation is 1. The fourth-order valence-corrected chi connectivity index (χ4v) is 1.73. The summed E-state index contributed by atoms with van der Waals surface area (Å²) >= 11 is 0. The minimum atomic E-state index is -0.224. The molecule has 0 fully saturated rings. The number of rotatable bonds is 3. The standard InChI is InChI=1S/C12H14FN3.ClH/c1-16-12(6-7-15-16)11(14)8-9-2-4-10(13)5-3-9;/h2-7,11H,8,14H2,1H3;1H. The van der Waals surface area contributed by atoms with Gasteiger partial charge < -0.3 is 5.73 Å². The maximum atomic E-state index is 12.7. The molecule has 1 unspecified atom stereocenters. The molecule has 0 spiro atoms. The summed E-state index contributed by atoms with van der Waals surface area (Å²) in [7, 11) is 1.86. The van der Waals surface area contributed by atoms with Crippen molar-refractivity contribution >= 4 is 12.4 Å². The third kappa shape index (κ3) is 3.28. The molecule has 1 aromatic heterocycles. The molecule has 0 aliphatic carbocycles. The first-order chi connectivity index (χ1) is 7.66. The van der Waals surface area contributed by atoms with E-state index in [-0.39, 0.29) is 24.3 Å². The fourth-order valence-electron chi connectivity index (χ4n) is 1.73. The van der Waals surface area contributed by atoms with Gasteiger partial charge in [-0.1, -0.05) is 12.1 Å². The molecule has 0 saturated carbocycles. The average molecular weight is 256 g/mol. The second-order valence-electron chi connectivity index (χ2n) is 3.82. The van der Waals surface area contributed by atoms with Crippen molar-refractivity contribution < 1.29 is 4.39 Å². The van der Waals surface area contributed by atoms with Crippen LogP contribution in [0, 0.1) is 5.82 Å². The van der Waals surface area contributed by atoms with Gasteiger partial charge in [0.1, 0.15) is 5.82 Å². The molecule has 1 aromatic carbocycles. The molecule has 2 N–H and O–H groups in total. The second kappa shape index (κ2) is 5.80. The van der Waals surface area contributed by atoms with Gasteiger partial charge in [-0.15, -0.1) is 12.4 Å². The number of nitrogens with two attached hydrogens (primary N) is 1. The van der Waals surface area contributed by atoms with Crippen molar-refractivity contribution in [1.29, 1.82) is 0 Å². The third-order valence-electron chi connectivity index (χ3n) is 2.61. The van der Waals surface area contributed by atoms with Crippen LogP contribution in [0.5, 0.6) is 0 Å². The van der Waals surface area contributed by atoms with Crippen LogP contribution in [-0.4, -0.2) is 9.78 Å². The minimum Gasteiger partial charge on any atom is -0.322 e. The minimum absolute atomic E-state index is 0. The van der Waals surface area contributed by atoms with Gasteiger partial charge in [-0.25, -0.2) is 4.39 Å². The summed E-state index contributed by atoms with van der Waals surface area (Å²) in [4.78, 5) is 0. The molecule has 0 amide bonds. The third-order valence-corrected chi connectivity index (χ3v) is 2.61. The summed E-state index contributed by atoms with van der Waals surface area (Å²) in [6.45, 7) is 0. The lowest BCUT2D eigenvalue weighted by atomic mass is 10.0.